The maximum absolute atomic E-state index is 12.0. The van der Waals surface area contributed by atoms with Gasteiger partial charge in [0.25, 0.3) is 0 Å². The van der Waals surface area contributed by atoms with Crippen molar-refractivity contribution in [1.29, 1.82) is 0 Å². The summed E-state index contributed by atoms with van der Waals surface area (Å²) in [6.07, 6.45) is 5.49. The van der Waals surface area contributed by atoms with Gasteiger partial charge in [-0.3, -0.25) is 0 Å². The van der Waals surface area contributed by atoms with Crippen molar-refractivity contribution >= 4 is 17.9 Å². The Morgan fingerprint density at radius 2 is 2.14 bits per heavy atom. The van der Waals surface area contributed by atoms with Gasteiger partial charge in [0.2, 0.25) is 0 Å². The fourth-order valence-corrected chi connectivity index (χ4v) is 3.65. The molecule has 5 heteroatoms. The fraction of sp³-hybridized carbons (Fsp3) is 0.812. The van der Waals surface area contributed by atoms with Crippen LogP contribution in [0.25, 0.3) is 0 Å². The first-order valence-corrected chi connectivity index (χ1v) is 9.06. The van der Waals surface area contributed by atoms with E-state index in [-0.39, 0.29) is 6.09 Å². The number of nitrogens with one attached hydrogen (secondary N) is 1. The Kier molecular flexibility index (Phi) is 5.99. The molecule has 1 saturated heterocycles. The molecular formula is C16H28N2O2S. The van der Waals surface area contributed by atoms with E-state index in [0.29, 0.717) is 12.6 Å². The monoisotopic (exact) mass is 312 g/mol. The van der Waals surface area contributed by atoms with Gasteiger partial charge in [-0.1, -0.05) is 11.6 Å². The zero-order valence-electron chi connectivity index (χ0n) is 13.5. The highest BCUT2D eigenvalue weighted by Gasteiger charge is 2.23. The molecule has 120 valence electrons. The number of hydrogen-bond donors (Lipinski definition) is 1. The maximum Gasteiger partial charge on any atom is 0.410 e. The van der Waals surface area contributed by atoms with Crippen molar-refractivity contribution in [2.45, 2.75) is 51.7 Å². The lowest BCUT2D eigenvalue weighted by Gasteiger charge is -2.30. The van der Waals surface area contributed by atoms with E-state index in [4.69, 9.17) is 4.74 Å². The third kappa shape index (κ3) is 5.91. The molecule has 0 unspecified atom stereocenters. The average Bonchev–Trinajstić information content (AvgIpc) is 2.45. The zero-order valence-corrected chi connectivity index (χ0v) is 14.3. The van der Waals surface area contributed by atoms with Gasteiger partial charge in [-0.2, -0.15) is 11.8 Å². The Balaban J connectivity index is 1.72. The molecule has 0 aliphatic carbocycles. The van der Waals surface area contributed by atoms with E-state index in [2.05, 4.69) is 23.2 Å². The van der Waals surface area contributed by atoms with E-state index in [0.717, 1.165) is 19.5 Å². The van der Waals surface area contributed by atoms with Crippen molar-refractivity contribution in [2.24, 2.45) is 0 Å². The van der Waals surface area contributed by atoms with Gasteiger partial charge >= 0.3 is 6.09 Å². The van der Waals surface area contributed by atoms with Crippen LogP contribution in [-0.2, 0) is 4.74 Å². The number of ether oxygens (including phenoxy) is 1. The number of nitrogens with zero attached hydrogens (tertiary/aromatic N) is 1. The molecule has 1 amide bonds. The lowest BCUT2D eigenvalue weighted by Crippen LogP contribution is -2.40. The van der Waals surface area contributed by atoms with Crippen molar-refractivity contribution in [3.05, 3.63) is 11.6 Å². The SMILES string of the molecule is CC(C)(C)OC(=O)N1CC=C(CNC2CCSCC2)CC1. The van der Waals surface area contributed by atoms with Crippen LogP contribution in [0.4, 0.5) is 4.79 Å². The Bertz CT molecular complexity index is 384. The molecule has 21 heavy (non-hydrogen) atoms. The molecule has 2 aliphatic heterocycles. The van der Waals surface area contributed by atoms with Crippen LogP contribution in [0.1, 0.15) is 40.0 Å². The van der Waals surface area contributed by atoms with E-state index < -0.39 is 5.60 Å². The largest absolute Gasteiger partial charge is 0.444 e. The van der Waals surface area contributed by atoms with Crippen LogP contribution in [-0.4, -0.2) is 53.8 Å². The number of carbonyl (C=O) groups excluding carboxylic acids is 1. The van der Waals surface area contributed by atoms with Gasteiger partial charge < -0.3 is 15.0 Å². The second-order valence-corrected chi connectivity index (χ2v) is 8.03. The van der Waals surface area contributed by atoms with Crippen molar-refractivity contribution in [2.75, 3.05) is 31.1 Å². The van der Waals surface area contributed by atoms with Crippen LogP contribution in [0.5, 0.6) is 0 Å². The fourth-order valence-electron chi connectivity index (χ4n) is 2.54. The molecule has 2 aliphatic rings. The summed E-state index contributed by atoms with van der Waals surface area (Å²) in [5.41, 5.74) is 1.01. The van der Waals surface area contributed by atoms with Crippen LogP contribution in [0.3, 0.4) is 0 Å². The Labute approximate surface area is 132 Å². The summed E-state index contributed by atoms with van der Waals surface area (Å²) in [6, 6.07) is 0.677. The second-order valence-electron chi connectivity index (χ2n) is 6.81. The Hall–Kier alpha value is -0.680. The number of hydrogen-bond acceptors (Lipinski definition) is 4. The van der Waals surface area contributed by atoms with Crippen LogP contribution < -0.4 is 5.32 Å². The van der Waals surface area contributed by atoms with Gasteiger partial charge in [-0.25, -0.2) is 4.79 Å². The minimum atomic E-state index is -0.415. The standard InChI is InChI=1S/C16H28N2O2S/c1-16(2,3)20-15(19)18-8-4-13(5-9-18)12-17-14-6-10-21-11-7-14/h4,14,17H,5-12H2,1-3H3. The second kappa shape index (κ2) is 7.54. The molecule has 0 aromatic carbocycles. The summed E-state index contributed by atoms with van der Waals surface area (Å²) < 4.78 is 5.41. The molecule has 1 fully saturated rings. The van der Waals surface area contributed by atoms with E-state index in [9.17, 15) is 4.79 Å². The van der Waals surface area contributed by atoms with E-state index in [1.165, 1.54) is 29.9 Å². The van der Waals surface area contributed by atoms with Crippen molar-refractivity contribution in [3.8, 4) is 0 Å². The number of amides is 1. The molecule has 0 radical (unpaired) electrons. The highest BCUT2D eigenvalue weighted by atomic mass is 32.2. The van der Waals surface area contributed by atoms with Gasteiger partial charge in [-0.15, -0.1) is 0 Å². The topological polar surface area (TPSA) is 41.6 Å². The van der Waals surface area contributed by atoms with E-state index in [1.54, 1.807) is 4.90 Å². The summed E-state index contributed by atoms with van der Waals surface area (Å²) in [7, 11) is 0. The zero-order chi connectivity index (χ0) is 15.3. The first-order valence-electron chi connectivity index (χ1n) is 7.91. The summed E-state index contributed by atoms with van der Waals surface area (Å²) in [4.78, 5) is 13.8. The maximum atomic E-state index is 12.0. The lowest BCUT2D eigenvalue weighted by atomic mass is 10.1. The summed E-state index contributed by atoms with van der Waals surface area (Å²) in [5, 5.41) is 3.66. The van der Waals surface area contributed by atoms with Crippen LogP contribution in [0.15, 0.2) is 11.6 Å². The first kappa shape index (κ1) is 16.7. The Morgan fingerprint density at radius 3 is 2.71 bits per heavy atom. The highest BCUT2D eigenvalue weighted by molar-refractivity contribution is 7.99. The number of carbonyl (C=O) groups is 1. The predicted octanol–water partition coefficient (Wildman–Crippen LogP) is 3.04. The predicted molar refractivity (Wildman–Crippen MR) is 88.9 cm³/mol. The number of rotatable bonds is 3. The molecule has 0 atom stereocenters. The minimum Gasteiger partial charge on any atom is -0.444 e. The molecule has 2 heterocycles. The third-order valence-electron chi connectivity index (χ3n) is 3.79. The van der Waals surface area contributed by atoms with E-state index in [1.807, 2.05) is 20.8 Å². The summed E-state index contributed by atoms with van der Waals surface area (Å²) in [6.45, 7) is 8.13. The molecule has 0 bridgehead atoms. The van der Waals surface area contributed by atoms with Gasteiger partial charge in [-0.05, 0) is 51.5 Å². The molecule has 0 spiro atoms. The minimum absolute atomic E-state index is 0.199. The summed E-state index contributed by atoms with van der Waals surface area (Å²) >= 11 is 2.06. The quantitative estimate of drug-likeness (QED) is 0.813. The highest BCUT2D eigenvalue weighted by Crippen LogP contribution is 2.18. The molecule has 2 rings (SSSR count). The van der Waals surface area contributed by atoms with Gasteiger partial charge in [0, 0.05) is 25.7 Å². The number of thioether (sulfide) groups is 1. The van der Waals surface area contributed by atoms with Crippen LogP contribution >= 0.6 is 11.8 Å². The molecule has 0 saturated carbocycles. The van der Waals surface area contributed by atoms with Crippen LogP contribution in [0, 0.1) is 0 Å². The van der Waals surface area contributed by atoms with Gasteiger partial charge in [0.1, 0.15) is 5.60 Å². The van der Waals surface area contributed by atoms with E-state index >= 15 is 0 Å². The van der Waals surface area contributed by atoms with Crippen molar-refractivity contribution in [3.63, 3.8) is 0 Å². The van der Waals surface area contributed by atoms with Crippen molar-refractivity contribution < 1.29 is 9.53 Å². The third-order valence-corrected chi connectivity index (χ3v) is 4.84. The smallest absolute Gasteiger partial charge is 0.410 e. The Morgan fingerprint density at radius 1 is 1.43 bits per heavy atom. The lowest BCUT2D eigenvalue weighted by molar-refractivity contribution is 0.0265. The normalized spacial score (nSPS) is 21.1. The summed E-state index contributed by atoms with van der Waals surface area (Å²) in [5.74, 6) is 2.56. The van der Waals surface area contributed by atoms with Crippen LogP contribution in [0.2, 0.25) is 0 Å². The molecular weight excluding hydrogens is 284 g/mol. The van der Waals surface area contributed by atoms with Crippen molar-refractivity contribution in [1.82, 2.24) is 10.2 Å². The molecule has 0 aromatic rings. The van der Waals surface area contributed by atoms with Gasteiger partial charge in [0.15, 0.2) is 0 Å². The first-order chi connectivity index (χ1) is 9.94. The molecule has 1 N–H and O–H groups in total. The molecule has 4 nitrogen and oxygen atoms in total. The molecule has 0 aromatic heterocycles. The average molecular weight is 312 g/mol. The van der Waals surface area contributed by atoms with Gasteiger partial charge in [0.05, 0.1) is 0 Å².